The van der Waals surface area contributed by atoms with Crippen LogP contribution in [0.2, 0.25) is 0 Å². The van der Waals surface area contributed by atoms with Gasteiger partial charge in [-0.1, -0.05) is 26.2 Å². The molecule has 4 nitrogen and oxygen atoms in total. The van der Waals surface area contributed by atoms with Gasteiger partial charge in [0.05, 0.1) is 12.7 Å². The minimum atomic E-state index is -0.729. The van der Waals surface area contributed by atoms with E-state index in [1.54, 1.807) is 0 Å². The third-order valence-electron chi connectivity index (χ3n) is 3.47. The van der Waals surface area contributed by atoms with Gasteiger partial charge in [0.1, 0.15) is 5.54 Å². The Morgan fingerprint density at radius 1 is 1.41 bits per heavy atom. The van der Waals surface area contributed by atoms with Crippen molar-refractivity contribution in [3.05, 3.63) is 0 Å². The fraction of sp³-hybridized carbons (Fsp3) is 0.923. The molecule has 0 aromatic heterocycles. The van der Waals surface area contributed by atoms with Gasteiger partial charge >= 0.3 is 0 Å². The van der Waals surface area contributed by atoms with Crippen molar-refractivity contribution in [1.29, 1.82) is 0 Å². The zero-order chi connectivity index (χ0) is 12.7. The van der Waals surface area contributed by atoms with Crippen molar-refractivity contribution >= 4 is 5.91 Å². The molecule has 1 aliphatic carbocycles. The molecule has 0 saturated heterocycles. The molecule has 100 valence electrons. The third kappa shape index (κ3) is 4.64. The van der Waals surface area contributed by atoms with Gasteiger partial charge in [0.2, 0.25) is 5.91 Å². The van der Waals surface area contributed by atoms with Crippen LogP contribution in [-0.4, -0.2) is 30.7 Å². The van der Waals surface area contributed by atoms with Crippen LogP contribution in [0.4, 0.5) is 0 Å². The maximum atomic E-state index is 11.5. The Labute approximate surface area is 104 Å². The fourth-order valence-electron chi connectivity index (χ4n) is 2.13. The first kappa shape index (κ1) is 14.5. The first-order valence-corrected chi connectivity index (χ1v) is 6.75. The molecule has 0 radical (unpaired) electrons. The maximum Gasteiger partial charge on any atom is 0.239 e. The standard InChI is InChI=1S/C13H26N2O2/c1-3-9-15-13(2,12(14)16)10-17-11-7-5-4-6-8-11/h11,15H,3-10H2,1-2H3,(H2,14,16). The van der Waals surface area contributed by atoms with Crippen molar-refractivity contribution in [2.24, 2.45) is 5.73 Å². The monoisotopic (exact) mass is 242 g/mol. The molecule has 1 unspecified atom stereocenters. The zero-order valence-corrected chi connectivity index (χ0v) is 11.1. The molecule has 1 rings (SSSR count). The average Bonchev–Trinajstić information content (AvgIpc) is 2.35. The quantitative estimate of drug-likeness (QED) is 0.712. The van der Waals surface area contributed by atoms with E-state index in [0.29, 0.717) is 12.7 Å². The number of carbonyl (C=O) groups is 1. The summed E-state index contributed by atoms with van der Waals surface area (Å²) in [5.41, 5.74) is 4.72. The Bertz CT molecular complexity index is 240. The lowest BCUT2D eigenvalue weighted by atomic mass is 9.97. The number of nitrogens with one attached hydrogen (secondary N) is 1. The van der Waals surface area contributed by atoms with Gasteiger partial charge < -0.3 is 15.8 Å². The van der Waals surface area contributed by atoms with Gasteiger partial charge in [-0.15, -0.1) is 0 Å². The van der Waals surface area contributed by atoms with Crippen LogP contribution in [0.3, 0.4) is 0 Å². The van der Waals surface area contributed by atoms with Crippen LogP contribution in [0, 0.1) is 0 Å². The van der Waals surface area contributed by atoms with E-state index in [4.69, 9.17) is 10.5 Å². The topological polar surface area (TPSA) is 64.3 Å². The van der Waals surface area contributed by atoms with Crippen LogP contribution in [-0.2, 0) is 9.53 Å². The number of primary amides is 1. The smallest absolute Gasteiger partial charge is 0.239 e. The van der Waals surface area contributed by atoms with Crippen molar-refractivity contribution in [3.63, 3.8) is 0 Å². The van der Waals surface area contributed by atoms with E-state index in [9.17, 15) is 4.79 Å². The highest BCUT2D eigenvalue weighted by Gasteiger charge is 2.31. The predicted octanol–water partition coefficient (Wildman–Crippen LogP) is 1.58. The lowest BCUT2D eigenvalue weighted by Gasteiger charge is -2.30. The van der Waals surface area contributed by atoms with Crippen LogP contribution in [0.25, 0.3) is 0 Å². The molecule has 0 heterocycles. The van der Waals surface area contributed by atoms with Gasteiger partial charge in [-0.05, 0) is 32.7 Å². The second-order valence-electron chi connectivity index (χ2n) is 5.19. The summed E-state index contributed by atoms with van der Waals surface area (Å²) in [5.74, 6) is -0.332. The largest absolute Gasteiger partial charge is 0.376 e. The maximum absolute atomic E-state index is 11.5. The van der Waals surface area contributed by atoms with Gasteiger partial charge in [-0.3, -0.25) is 4.79 Å². The van der Waals surface area contributed by atoms with Gasteiger partial charge in [0, 0.05) is 0 Å². The third-order valence-corrected chi connectivity index (χ3v) is 3.47. The Hall–Kier alpha value is -0.610. The molecule has 0 aromatic carbocycles. The molecule has 1 aliphatic rings. The molecule has 0 bridgehead atoms. The Morgan fingerprint density at radius 2 is 2.06 bits per heavy atom. The van der Waals surface area contributed by atoms with E-state index in [1.165, 1.54) is 19.3 Å². The SMILES string of the molecule is CCCNC(C)(COC1CCCCC1)C(N)=O. The van der Waals surface area contributed by atoms with Crippen molar-refractivity contribution in [1.82, 2.24) is 5.32 Å². The summed E-state index contributed by atoms with van der Waals surface area (Å²) in [5, 5.41) is 3.19. The number of hydrogen-bond donors (Lipinski definition) is 2. The fourth-order valence-corrected chi connectivity index (χ4v) is 2.13. The second-order valence-corrected chi connectivity index (χ2v) is 5.19. The van der Waals surface area contributed by atoms with Crippen molar-refractivity contribution in [3.8, 4) is 0 Å². The number of ether oxygens (including phenoxy) is 1. The minimum Gasteiger partial charge on any atom is -0.376 e. The van der Waals surface area contributed by atoms with E-state index >= 15 is 0 Å². The number of rotatable bonds is 7. The molecule has 1 saturated carbocycles. The molecular formula is C13H26N2O2. The van der Waals surface area contributed by atoms with Gasteiger partial charge in [0.25, 0.3) is 0 Å². The highest BCUT2D eigenvalue weighted by Crippen LogP contribution is 2.21. The van der Waals surface area contributed by atoms with Crippen molar-refractivity contribution in [2.45, 2.75) is 64.0 Å². The predicted molar refractivity (Wildman–Crippen MR) is 68.7 cm³/mol. The van der Waals surface area contributed by atoms with Gasteiger partial charge in [0.15, 0.2) is 0 Å². The van der Waals surface area contributed by atoms with E-state index < -0.39 is 5.54 Å². The summed E-state index contributed by atoms with van der Waals surface area (Å²) in [6.45, 7) is 5.06. The zero-order valence-electron chi connectivity index (χ0n) is 11.1. The van der Waals surface area contributed by atoms with Crippen LogP contribution >= 0.6 is 0 Å². The number of hydrogen-bond acceptors (Lipinski definition) is 3. The first-order chi connectivity index (χ1) is 8.08. The number of carbonyl (C=O) groups excluding carboxylic acids is 1. The molecule has 1 atom stereocenters. The molecule has 0 aliphatic heterocycles. The summed E-state index contributed by atoms with van der Waals surface area (Å²) in [6.07, 6.45) is 7.30. The first-order valence-electron chi connectivity index (χ1n) is 6.75. The average molecular weight is 242 g/mol. The molecule has 17 heavy (non-hydrogen) atoms. The van der Waals surface area contributed by atoms with Crippen molar-refractivity contribution in [2.75, 3.05) is 13.2 Å². The van der Waals surface area contributed by atoms with Crippen LogP contribution in [0.15, 0.2) is 0 Å². The molecule has 1 fully saturated rings. The lowest BCUT2D eigenvalue weighted by molar-refractivity contribution is -0.127. The molecule has 0 spiro atoms. The van der Waals surface area contributed by atoms with Crippen LogP contribution in [0.5, 0.6) is 0 Å². The highest BCUT2D eigenvalue weighted by atomic mass is 16.5. The molecule has 1 amide bonds. The highest BCUT2D eigenvalue weighted by molar-refractivity contribution is 5.84. The normalized spacial score (nSPS) is 21.1. The van der Waals surface area contributed by atoms with E-state index in [0.717, 1.165) is 25.8 Å². The summed E-state index contributed by atoms with van der Waals surface area (Å²) in [7, 11) is 0. The Balaban J connectivity index is 2.39. The lowest BCUT2D eigenvalue weighted by Crippen LogP contribution is -2.57. The van der Waals surface area contributed by atoms with Crippen LogP contribution < -0.4 is 11.1 Å². The molecule has 3 N–H and O–H groups in total. The Kier molecular flexibility index (Phi) is 5.92. The minimum absolute atomic E-state index is 0.311. The van der Waals surface area contributed by atoms with Crippen molar-refractivity contribution < 1.29 is 9.53 Å². The summed E-state index contributed by atoms with van der Waals surface area (Å²) >= 11 is 0. The molecule has 4 heteroatoms. The van der Waals surface area contributed by atoms with Gasteiger partial charge in [-0.2, -0.15) is 0 Å². The van der Waals surface area contributed by atoms with E-state index in [1.807, 2.05) is 6.92 Å². The van der Waals surface area contributed by atoms with E-state index in [-0.39, 0.29) is 5.91 Å². The Morgan fingerprint density at radius 3 is 2.59 bits per heavy atom. The van der Waals surface area contributed by atoms with Crippen LogP contribution in [0.1, 0.15) is 52.4 Å². The van der Waals surface area contributed by atoms with E-state index in [2.05, 4.69) is 12.2 Å². The second kappa shape index (κ2) is 6.97. The number of nitrogens with two attached hydrogens (primary N) is 1. The summed E-state index contributed by atoms with van der Waals surface area (Å²) < 4.78 is 5.84. The molecule has 0 aromatic rings. The summed E-state index contributed by atoms with van der Waals surface area (Å²) in [6, 6.07) is 0. The molecular weight excluding hydrogens is 216 g/mol. The number of amides is 1. The summed E-state index contributed by atoms with van der Waals surface area (Å²) in [4.78, 5) is 11.5. The van der Waals surface area contributed by atoms with Gasteiger partial charge in [-0.25, -0.2) is 0 Å².